The van der Waals surface area contributed by atoms with Crippen LogP contribution in [-0.4, -0.2) is 12.0 Å². The van der Waals surface area contributed by atoms with Gasteiger partial charge in [-0.25, -0.2) is 0 Å². The Hall–Kier alpha value is -1.31. The van der Waals surface area contributed by atoms with Crippen LogP contribution in [0.15, 0.2) is 24.7 Å². The number of hydrogen-bond donors (Lipinski definition) is 1. The van der Waals surface area contributed by atoms with Crippen LogP contribution in [0.3, 0.4) is 0 Å². The van der Waals surface area contributed by atoms with Crippen LogP contribution in [0.4, 0.5) is 0 Å². The molecule has 0 saturated carbocycles. The Balaban J connectivity index is 2.79. The smallest absolute Gasteiger partial charge is 0.0341 e. The fourth-order valence-electron chi connectivity index (χ4n) is 0.849. The molecule has 1 heterocycles. The Labute approximate surface area is 67.0 Å². The maximum absolute atomic E-state index is 4.06. The van der Waals surface area contributed by atoms with Crippen molar-refractivity contribution in [3.8, 4) is 0 Å². The lowest BCUT2D eigenvalue weighted by molar-refractivity contribution is 1.11. The summed E-state index contributed by atoms with van der Waals surface area (Å²) >= 11 is 0. The molecule has 0 unspecified atom stereocenters. The number of rotatable bonds is 2. The molecule has 0 spiro atoms. The van der Waals surface area contributed by atoms with E-state index in [9.17, 15) is 0 Å². The van der Waals surface area contributed by atoms with Gasteiger partial charge in [0.25, 0.3) is 0 Å². The summed E-state index contributed by atoms with van der Waals surface area (Å²) in [6.07, 6.45) is 7.55. The third-order valence-electron chi connectivity index (χ3n) is 1.34. The SMILES string of the molecule is CN/C=C\c1cncc(C)c1. The van der Waals surface area contributed by atoms with Crippen LogP contribution in [0, 0.1) is 6.92 Å². The zero-order valence-electron chi connectivity index (χ0n) is 6.83. The van der Waals surface area contributed by atoms with E-state index in [1.54, 1.807) is 0 Å². The number of pyridine rings is 1. The zero-order valence-corrected chi connectivity index (χ0v) is 6.83. The van der Waals surface area contributed by atoms with E-state index in [1.165, 1.54) is 5.56 Å². The summed E-state index contributed by atoms with van der Waals surface area (Å²) in [6.45, 7) is 2.03. The molecule has 0 amide bonds. The Kier molecular flexibility index (Phi) is 2.66. The predicted octanol–water partition coefficient (Wildman–Crippen LogP) is 1.58. The summed E-state index contributed by atoms with van der Waals surface area (Å²) in [5.74, 6) is 0. The molecule has 0 aliphatic carbocycles. The molecular weight excluding hydrogens is 136 g/mol. The van der Waals surface area contributed by atoms with Crippen molar-refractivity contribution in [3.63, 3.8) is 0 Å². The molecule has 11 heavy (non-hydrogen) atoms. The summed E-state index contributed by atoms with van der Waals surface area (Å²) in [5.41, 5.74) is 2.31. The normalized spacial score (nSPS) is 10.4. The second kappa shape index (κ2) is 3.76. The standard InChI is InChI=1S/C9H12N2/c1-8-5-9(3-4-10-2)7-11-6-8/h3-7,10H,1-2H3/b4-3-. The van der Waals surface area contributed by atoms with Gasteiger partial charge in [0.15, 0.2) is 0 Å². The first kappa shape index (κ1) is 7.79. The minimum Gasteiger partial charge on any atom is -0.394 e. The molecule has 0 saturated heterocycles. The number of hydrogen-bond acceptors (Lipinski definition) is 2. The van der Waals surface area contributed by atoms with Crippen molar-refractivity contribution in [3.05, 3.63) is 35.8 Å². The highest BCUT2D eigenvalue weighted by molar-refractivity contribution is 5.47. The van der Waals surface area contributed by atoms with Crippen molar-refractivity contribution in [2.75, 3.05) is 7.05 Å². The molecule has 58 valence electrons. The molecule has 1 N–H and O–H groups in total. The van der Waals surface area contributed by atoms with Gasteiger partial charge in [-0.15, -0.1) is 0 Å². The Bertz CT molecular complexity index is 253. The monoisotopic (exact) mass is 148 g/mol. The van der Waals surface area contributed by atoms with Crippen molar-refractivity contribution >= 4 is 6.08 Å². The van der Waals surface area contributed by atoms with E-state index in [0.717, 1.165) is 5.56 Å². The summed E-state index contributed by atoms with van der Waals surface area (Å²) in [4.78, 5) is 4.06. The first-order chi connectivity index (χ1) is 5.33. The molecule has 1 rings (SSSR count). The van der Waals surface area contributed by atoms with Crippen LogP contribution in [0.5, 0.6) is 0 Å². The molecule has 0 aliphatic rings. The number of aryl methyl sites for hydroxylation is 1. The number of nitrogens with zero attached hydrogens (tertiary/aromatic N) is 1. The lowest BCUT2D eigenvalue weighted by atomic mass is 10.2. The van der Waals surface area contributed by atoms with Gasteiger partial charge in [0.2, 0.25) is 0 Å². The van der Waals surface area contributed by atoms with E-state index in [2.05, 4.69) is 16.4 Å². The minimum absolute atomic E-state index is 1.12. The van der Waals surface area contributed by atoms with Crippen molar-refractivity contribution in [1.29, 1.82) is 0 Å². The Morgan fingerprint density at radius 3 is 2.91 bits per heavy atom. The molecule has 0 aromatic carbocycles. The Morgan fingerprint density at radius 2 is 2.27 bits per heavy atom. The molecule has 0 aliphatic heterocycles. The van der Waals surface area contributed by atoms with Crippen LogP contribution in [0.25, 0.3) is 6.08 Å². The van der Waals surface area contributed by atoms with Crippen LogP contribution in [0.1, 0.15) is 11.1 Å². The second-order valence-electron chi connectivity index (χ2n) is 2.42. The molecule has 1 aromatic heterocycles. The van der Waals surface area contributed by atoms with Crippen molar-refractivity contribution in [2.24, 2.45) is 0 Å². The number of nitrogens with one attached hydrogen (secondary N) is 1. The molecule has 0 atom stereocenters. The molecular formula is C9H12N2. The van der Waals surface area contributed by atoms with Crippen molar-refractivity contribution < 1.29 is 0 Å². The van der Waals surface area contributed by atoms with Gasteiger partial charge in [-0.05, 0) is 36.4 Å². The fourth-order valence-corrected chi connectivity index (χ4v) is 0.849. The van der Waals surface area contributed by atoms with Crippen LogP contribution < -0.4 is 5.32 Å². The van der Waals surface area contributed by atoms with E-state index in [4.69, 9.17) is 0 Å². The second-order valence-corrected chi connectivity index (χ2v) is 2.42. The minimum atomic E-state index is 1.12. The summed E-state index contributed by atoms with van der Waals surface area (Å²) in [6, 6.07) is 2.08. The molecule has 2 nitrogen and oxygen atoms in total. The van der Waals surface area contributed by atoms with E-state index in [-0.39, 0.29) is 0 Å². The summed E-state index contributed by atoms with van der Waals surface area (Å²) in [7, 11) is 1.87. The highest BCUT2D eigenvalue weighted by Crippen LogP contribution is 2.01. The molecule has 0 bridgehead atoms. The zero-order chi connectivity index (χ0) is 8.10. The molecule has 2 heteroatoms. The first-order valence-electron chi connectivity index (χ1n) is 3.58. The van der Waals surface area contributed by atoms with Gasteiger partial charge in [-0.2, -0.15) is 0 Å². The fraction of sp³-hybridized carbons (Fsp3) is 0.222. The molecule has 0 fully saturated rings. The van der Waals surface area contributed by atoms with E-state index in [1.807, 2.05) is 38.6 Å². The third-order valence-corrected chi connectivity index (χ3v) is 1.34. The predicted molar refractivity (Wildman–Crippen MR) is 47.1 cm³/mol. The summed E-state index contributed by atoms with van der Waals surface area (Å²) < 4.78 is 0. The van der Waals surface area contributed by atoms with E-state index >= 15 is 0 Å². The van der Waals surface area contributed by atoms with Gasteiger partial charge in [-0.1, -0.05) is 0 Å². The first-order valence-corrected chi connectivity index (χ1v) is 3.58. The summed E-state index contributed by atoms with van der Waals surface area (Å²) in [5, 5.41) is 2.93. The maximum atomic E-state index is 4.06. The third kappa shape index (κ3) is 2.42. The van der Waals surface area contributed by atoms with Crippen molar-refractivity contribution in [2.45, 2.75) is 6.92 Å². The maximum Gasteiger partial charge on any atom is 0.0341 e. The number of aromatic nitrogens is 1. The van der Waals surface area contributed by atoms with Crippen LogP contribution in [0.2, 0.25) is 0 Å². The highest BCUT2D eigenvalue weighted by atomic mass is 14.8. The van der Waals surface area contributed by atoms with Crippen LogP contribution >= 0.6 is 0 Å². The van der Waals surface area contributed by atoms with E-state index < -0.39 is 0 Å². The Morgan fingerprint density at radius 1 is 1.45 bits per heavy atom. The lowest BCUT2D eigenvalue weighted by Gasteiger charge is -1.93. The largest absolute Gasteiger partial charge is 0.394 e. The van der Waals surface area contributed by atoms with Crippen LogP contribution in [-0.2, 0) is 0 Å². The van der Waals surface area contributed by atoms with E-state index in [0.29, 0.717) is 0 Å². The molecule has 1 aromatic rings. The topological polar surface area (TPSA) is 24.9 Å². The van der Waals surface area contributed by atoms with Gasteiger partial charge < -0.3 is 5.32 Å². The molecule has 0 radical (unpaired) electrons. The van der Waals surface area contributed by atoms with Gasteiger partial charge >= 0.3 is 0 Å². The van der Waals surface area contributed by atoms with Gasteiger partial charge in [0.1, 0.15) is 0 Å². The highest BCUT2D eigenvalue weighted by Gasteiger charge is 1.86. The van der Waals surface area contributed by atoms with Crippen molar-refractivity contribution in [1.82, 2.24) is 10.3 Å². The van der Waals surface area contributed by atoms with Gasteiger partial charge in [0, 0.05) is 19.4 Å². The average molecular weight is 148 g/mol. The quantitative estimate of drug-likeness (QED) is 0.688. The average Bonchev–Trinajstić information content (AvgIpc) is 2.01. The lowest BCUT2D eigenvalue weighted by Crippen LogP contribution is -1.90. The van der Waals surface area contributed by atoms with Gasteiger partial charge in [-0.3, -0.25) is 4.98 Å². The van der Waals surface area contributed by atoms with Gasteiger partial charge in [0.05, 0.1) is 0 Å².